The summed E-state index contributed by atoms with van der Waals surface area (Å²) < 4.78 is 12.7. The lowest BCUT2D eigenvalue weighted by Gasteiger charge is -2.38. The molecule has 0 spiro atoms. The summed E-state index contributed by atoms with van der Waals surface area (Å²) in [6, 6.07) is 31.5. The second kappa shape index (κ2) is 7.96. The molecule has 4 aromatic rings. The third kappa shape index (κ3) is 3.43. The highest BCUT2D eigenvalue weighted by Gasteiger charge is 2.42. The van der Waals surface area contributed by atoms with Crippen molar-refractivity contribution < 1.29 is 9.47 Å². The fourth-order valence-corrected chi connectivity index (χ4v) is 4.92. The van der Waals surface area contributed by atoms with E-state index in [1.54, 1.807) is 0 Å². The number of hydrogen-bond acceptors (Lipinski definition) is 4. The van der Waals surface area contributed by atoms with E-state index in [2.05, 4.69) is 71.7 Å². The van der Waals surface area contributed by atoms with Crippen molar-refractivity contribution in [2.75, 3.05) is 0 Å². The molecule has 164 valence electrons. The Morgan fingerprint density at radius 3 is 2.45 bits per heavy atom. The first-order valence-corrected chi connectivity index (χ1v) is 11.5. The molecule has 2 heterocycles. The average molecular weight is 435 g/mol. The van der Waals surface area contributed by atoms with Crippen LogP contribution in [0.5, 0.6) is 11.5 Å². The minimum atomic E-state index is -0.354. The lowest BCUT2D eigenvalue weighted by Crippen LogP contribution is -2.34. The molecule has 33 heavy (non-hydrogen) atoms. The Kier molecular flexibility index (Phi) is 4.79. The Labute approximate surface area is 194 Å². The van der Waals surface area contributed by atoms with E-state index in [1.165, 1.54) is 21.9 Å². The molecule has 0 bridgehead atoms. The lowest BCUT2D eigenvalue weighted by atomic mass is 9.93. The van der Waals surface area contributed by atoms with Gasteiger partial charge >= 0.3 is 0 Å². The quantitative estimate of drug-likeness (QED) is 0.351. The van der Waals surface area contributed by atoms with E-state index in [0.29, 0.717) is 0 Å². The van der Waals surface area contributed by atoms with Gasteiger partial charge in [0.15, 0.2) is 0 Å². The monoisotopic (exact) mass is 434 g/mol. The highest BCUT2D eigenvalue weighted by Crippen LogP contribution is 2.49. The molecule has 0 aromatic heterocycles. The molecule has 0 fully saturated rings. The van der Waals surface area contributed by atoms with Crippen LogP contribution in [-0.4, -0.2) is 16.8 Å². The van der Waals surface area contributed by atoms with Crippen LogP contribution < -0.4 is 9.47 Å². The normalized spacial score (nSPS) is 19.1. The van der Waals surface area contributed by atoms with Gasteiger partial charge in [0, 0.05) is 17.5 Å². The first kappa shape index (κ1) is 19.9. The third-order valence-corrected chi connectivity index (χ3v) is 6.35. The maximum absolute atomic E-state index is 6.56. The van der Waals surface area contributed by atoms with Crippen LogP contribution in [0.1, 0.15) is 49.2 Å². The first-order chi connectivity index (χ1) is 16.2. The second-order valence-electron chi connectivity index (χ2n) is 8.89. The molecule has 6 rings (SSSR count). The zero-order chi connectivity index (χ0) is 22.4. The minimum absolute atomic E-state index is 0.0751. The van der Waals surface area contributed by atoms with Crippen LogP contribution in [0.4, 0.5) is 0 Å². The van der Waals surface area contributed by atoms with Crippen LogP contribution in [0.2, 0.25) is 0 Å². The SMILES string of the molecule is CC(C)Oc1ccccc1[C@H]1Oc2ccccc2[C@@H]2CC(c3cccc4ccccc34)=NN12. The molecule has 4 heteroatoms. The summed E-state index contributed by atoms with van der Waals surface area (Å²) in [6.07, 6.45) is 0.552. The minimum Gasteiger partial charge on any atom is -0.491 e. The molecule has 0 N–H and O–H groups in total. The molecule has 0 saturated heterocycles. The molecular weight excluding hydrogens is 408 g/mol. The summed E-state index contributed by atoms with van der Waals surface area (Å²) in [4.78, 5) is 0. The van der Waals surface area contributed by atoms with E-state index >= 15 is 0 Å². The fraction of sp³-hybridized carbons (Fsp3) is 0.207. The predicted molar refractivity (Wildman–Crippen MR) is 132 cm³/mol. The lowest BCUT2D eigenvalue weighted by molar-refractivity contribution is -0.0210. The van der Waals surface area contributed by atoms with Crippen LogP contribution in [0.15, 0.2) is 96.1 Å². The summed E-state index contributed by atoms with van der Waals surface area (Å²) in [6.45, 7) is 4.09. The van der Waals surface area contributed by atoms with Crippen molar-refractivity contribution >= 4 is 16.5 Å². The van der Waals surface area contributed by atoms with Gasteiger partial charge in [-0.3, -0.25) is 0 Å². The van der Waals surface area contributed by atoms with Crippen LogP contribution >= 0.6 is 0 Å². The van der Waals surface area contributed by atoms with Gasteiger partial charge in [-0.2, -0.15) is 5.10 Å². The third-order valence-electron chi connectivity index (χ3n) is 6.35. The van der Waals surface area contributed by atoms with E-state index < -0.39 is 0 Å². The summed E-state index contributed by atoms with van der Waals surface area (Å²) in [5.74, 6) is 1.75. The summed E-state index contributed by atoms with van der Waals surface area (Å²) in [7, 11) is 0. The van der Waals surface area contributed by atoms with E-state index in [0.717, 1.165) is 29.2 Å². The number of fused-ring (bicyclic) bond motifs is 4. The Balaban J connectivity index is 1.48. The van der Waals surface area contributed by atoms with Gasteiger partial charge in [-0.1, -0.05) is 72.8 Å². The number of benzene rings is 4. The first-order valence-electron chi connectivity index (χ1n) is 11.5. The van der Waals surface area contributed by atoms with Crippen molar-refractivity contribution in [3.8, 4) is 11.5 Å². The van der Waals surface area contributed by atoms with Crippen molar-refractivity contribution in [2.45, 2.75) is 38.6 Å². The number of nitrogens with zero attached hydrogens (tertiary/aromatic N) is 2. The Hall–Kier alpha value is -3.79. The van der Waals surface area contributed by atoms with Crippen molar-refractivity contribution in [3.05, 3.63) is 108 Å². The van der Waals surface area contributed by atoms with Crippen LogP contribution in [0.25, 0.3) is 10.8 Å². The topological polar surface area (TPSA) is 34.1 Å². The average Bonchev–Trinajstić information content (AvgIpc) is 3.29. The molecule has 2 aliphatic heterocycles. The molecular formula is C29H26N2O2. The molecule has 0 unspecified atom stereocenters. The van der Waals surface area contributed by atoms with Crippen LogP contribution in [-0.2, 0) is 0 Å². The van der Waals surface area contributed by atoms with Gasteiger partial charge in [0.05, 0.1) is 23.4 Å². The summed E-state index contributed by atoms with van der Waals surface area (Å²) in [5, 5.41) is 9.76. The van der Waals surface area contributed by atoms with Gasteiger partial charge in [0.1, 0.15) is 11.5 Å². The van der Waals surface area contributed by atoms with E-state index in [4.69, 9.17) is 14.6 Å². The van der Waals surface area contributed by atoms with Crippen molar-refractivity contribution in [1.29, 1.82) is 0 Å². The maximum atomic E-state index is 6.56. The Morgan fingerprint density at radius 2 is 1.58 bits per heavy atom. The Bertz CT molecular complexity index is 1360. The van der Waals surface area contributed by atoms with Gasteiger partial charge in [-0.15, -0.1) is 0 Å². The molecule has 4 aromatic carbocycles. The molecule has 4 nitrogen and oxygen atoms in total. The smallest absolute Gasteiger partial charge is 0.217 e. The summed E-state index contributed by atoms with van der Waals surface area (Å²) in [5.41, 5.74) is 4.44. The van der Waals surface area contributed by atoms with E-state index in [1.807, 2.05) is 38.1 Å². The number of hydrazone groups is 1. The molecule has 2 aliphatic rings. The maximum Gasteiger partial charge on any atom is 0.217 e. The largest absolute Gasteiger partial charge is 0.491 e. The predicted octanol–water partition coefficient (Wildman–Crippen LogP) is 6.87. The summed E-state index contributed by atoms with van der Waals surface area (Å²) >= 11 is 0. The zero-order valence-corrected chi connectivity index (χ0v) is 18.8. The van der Waals surface area contributed by atoms with Crippen molar-refractivity contribution in [1.82, 2.24) is 5.01 Å². The van der Waals surface area contributed by atoms with Crippen LogP contribution in [0.3, 0.4) is 0 Å². The van der Waals surface area contributed by atoms with Gasteiger partial charge in [0.2, 0.25) is 6.23 Å². The fourth-order valence-electron chi connectivity index (χ4n) is 4.92. The van der Waals surface area contributed by atoms with Gasteiger partial charge in [-0.25, -0.2) is 5.01 Å². The molecule has 0 saturated carbocycles. The highest BCUT2D eigenvalue weighted by atomic mass is 16.5. The Morgan fingerprint density at radius 1 is 0.848 bits per heavy atom. The molecule has 0 radical (unpaired) electrons. The van der Waals surface area contributed by atoms with Gasteiger partial charge < -0.3 is 9.47 Å². The molecule has 2 atom stereocenters. The van der Waals surface area contributed by atoms with Crippen molar-refractivity contribution in [2.24, 2.45) is 5.10 Å². The number of hydrogen-bond donors (Lipinski definition) is 0. The van der Waals surface area contributed by atoms with Gasteiger partial charge in [-0.05, 0) is 42.8 Å². The second-order valence-corrected chi connectivity index (χ2v) is 8.89. The van der Waals surface area contributed by atoms with Crippen molar-refractivity contribution in [3.63, 3.8) is 0 Å². The number of rotatable bonds is 4. The van der Waals surface area contributed by atoms with Crippen LogP contribution in [0, 0.1) is 0 Å². The molecule has 0 aliphatic carbocycles. The van der Waals surface area contributed by atoms with E-state index in [-0.39, 0.29) is 18.4 Å². The number of para-hydroxylation sites is 2. The number of ether oxygens (including phenoxy) is 2. The molecule has 0 amide bonds. The standard InChI is InChI=1S/C29H26N2O2/c1-19(2)32-28-17-8-6-14-24(28)29-31-26(23-13-5-7-16-27(23)33-29)18-25(30-31)22-15-9-11-20-10-3-4-12-21(20)22/h3-17,19,26,29H,18H2,1-2H3/t26-,29+/m0/s1. The van der Waals surface area contributed by atoms with E-state index in [9.17, 15) is 0 Å². The van der Waals surface area contributed by atoms with Gasteiger partial charge in [0.25, 0.3) is 0 Å². The highest BCUT2D eigenvalue weighted by molar-refractivity contribution is 6.11. The zero-order valence-electron chi connectivity index (χ0n) is 18.8.